The maximum atomic E-state index is 9.14. The molecule has 0 aliphatic carbocycles. The second-order valence-electron chi connectivity index (χ2n) is 7.93. The molecule has 0 bridgehead atoms. The van der Waals surface area contributed by atoms with E-state index >= 15 is 0 Å². The van der Waals surface area contributed by atoms with Gasteiger partial charge in [0.1, 0.15) is 11.6 Å². The Bertz CT molecular complexity index is 1010. The predicted octanol–water partition coefficient (Wildman–Crippen LogP) is 2.80. The molecular formula is C23H27N7O. The fraction of sp³-hybridized carbons (Fsp3) is 0.391. The first-order chi connectivity index (χ1) is 15.1. The number of hydrogen-bond donors (Lipinski definition) is 1. The van der Waals surface area contributed by atoms with Crippen molar-refractivity contribution in [3.05, 3.63) is 54.3 Å². The third-order valence-electron chi connectivity index (χ3n) is 5.96. The van der Waals surface area contributed by atoms with Crippen LogP contribution in [0.15, 0.2) is 48.0 Å². The number of rotatable bonds is 6. The fourth-order valence-corrected chi connectivity index (χ4v) is 3.97. The molecule has 1 aromatic carbocycles. The summed E-state index contributed by atoms with van der Waals surface area (Å²) in [4.78, 5) is 18.1. The van der Waals surface area contributed by atoms with E-state index in [0.717, 1.165) is 61.8 Å². The first-order valence-corrected chi connectivity index (χ1v) is 10.5. The average molecular weight is 418 g/mol. The van der Waals surface area contributed by atoms with Crippen molar-refractivity contribution < 1.29 is 4.74 Å². The Labute approximate surface area is 182 Å². The molecule has 2 fully saturated rings. The third-order valence-corrected chi connectivity index (χ3v) is 5.96. The lowest BCUT2D eigenvalue weighted by molar-refractivity contribution is 0.195. The predicted molar refractivity (Wildman–Crippen MR) is 121 cm³/mol. The molecule has 0 radical (unpaired) electrons. The highest BCUT2D eigenvalue weighted by atomic mass is 16.5. The number of aliphatic imine (C=N–C) groups is 1. The highest BCUT2D eigenvalue weighted by molar-refractivity contribution is 5.88. The lowest BCUT2D eigenvalue weighted by Gasteiger charge is -2.41. The summed E-state index contributed by atoms with van der Waals surface area (Å²) in [7, 11) is 1.62. The van der Waals surface area contributed by atoms with Crippen LogP contribution in [0.1, 0.15) is 30.0 Å². The summed E-state index contributed by atoms with van der Waals surface area (Å²) < 4.78 is 5.25. The number of ether oxygens (including phenoxy) is 1. The molecule has 31 heavy (non-hydrogen) atoms. The van der Waals surface area contributed by atoms with Gasteiger partial charge in [0.15, 0.2) is 5.82 Å². The average Bonchev–Trinajstić information content (AvgIpc) is 2.78. The normalized spacial score (nSPS) is 17.4. The molecule has 2 N–H and O–H groups in total. The molecule has 0 unspecified atom stereocenters. The zero-order valence-corrected chi connectivity index (χ0v) is 17.7. The monoisotopic (exact) mass is 417 g/mol. The van der Waals surface area contributed by atoms with Crippen LogP contribution in [0.3, 0.4) is 0 Å². The molecule has 2 aromatic rings. The quantitative estimate of drug-likeness (QED) is 0.569. The molecule has 0 saturated carbocycles. The van der Waals surface area contributed by atoms with Gasteiger partial charge in [-0.3, -0.25) is 4.98 Å². The molecule has 8 nitrogen and oxygen atoms in total. The van der Waals surface area contributed by atoms with Gasteiger partial charge in [-0.1, -0.05) is 6.58 Å². The fourth-order valence-electron chi connectivity index (χ4n) is 3.97. The van der Waals surface area contributed by atoms with E-state index in [-0.39, 0.29) is 11.8 Å². The zero-order valence-electron chi connectivity index (χ0n) is 17.7. The second kappa shape index (κ2) is 9.04. The van der Waals surface area contributed by atoms with Gasteiger partial charge in [0.2, 0.25) is 0 Å². The second-order valence-corrected chi connectivity index (χ2v) is 7.93. The minimum absolute atomic E-state index is 0.148. The number of anilines is 2. The Balaban J connectivity index is 1.38. The number of likely N-dealkylation sites (tertiary alicyclic amines) is 1. The van der Waals surface area contributed by atoms with Gasteiger partial charge in [-0.25, -0.2) is 9.98 Å². The van der Waals surface area contributed by atoms with Crippen LogP contribution in [-0.2, 0) is 0 Å². The first kappa shape index (κ1) is 20.7. The highest BCUT2D eigenvalue weighted by Crippen LogP contribution is 2.34. The van der Waals surface area contributed by atoms with Gasteiger partial charge < -0.3 is 20.3 Å². The Morgan fingerprint density at radius 1 is 1.29 bits per heavy atom. The van der Waals surface area contributed by atoms with Crippen LogP contribution < -0.4 is 15.4 Å². The van der Waals surface area contributed by atoms with E-state index in [0.29, 0.717) is 11.5 Å². The molecule has 0 spiro atoms. The Kier molecular flexibility index (Phi) is 6.03. The number of hydrogen-bond acceptors (Lipinski definition) is 8. The van der Waals surface area contributed by atoms with Gasteiger partial charge in [-0.2, -0.15) is 5.26 Å². The Hall–Kier alpha value is -3.60. The molecule has 8 heteroatoms. The molecule has 2 aliphatic heterocycles. The number of piperidine rings is 1. The maximum Gasteiger partial charge on any atom is 0.150 e. The van der Waals surface area contributed by atoms with Crippen LogP contribution in [0.25, 0.3) is 0 Å². The number of nitrogen functional groups attached to an aromatic ring is 1. The van der Waals surface area contributed by atoms with Crippen LogP contribution in [0.2, 0.25) is 0 Å². The smallest absolute Gasteiger partial charge is 0.150 e. The van der Waals surface area contributed by atoms with Crippen LogP contribution in [0.4, 0.5) is 11.5 Å². The van der Waals surface area contributed by atoms with Crippen LogP contribution in [-0.4, -0.2) is 54.4 Å². The van der Waals surface area contributed by atoms with Crippen molar-refractivity contribution in [1.82, 2.24) is 14.9 Å². The molecule has 4 rings (SSSR count). The summed E-state index contributed by atoms with van der Waals surface area (Å²) in [5.74, 6) is 2.81. The van der Waals surface area contributed by atoms with Gasteiger partial charge in [-0.15, -0.1) is 0 Å². The van der Waals surface area contributed by atoms with Crippen molar-refractivity contribution in [2.75, 3.05) is 43.9 Å². The van der Waals surface area contributed by atoms with E-state index < -0.39 is 0 Å². The van der Waals surface area contributed by atoms with Gasteiger partial charge in [0.25, 0.3) is 0 Å². The molecule has 0 atom stereocenters. The summed E-state index contributed by atoms with van der Waals surface area (Å²) in [5.41, 5.74) is 8.49. The molecule has 2 saturated heterocycles. The summed E-state index contributed by atoms with van der Waals surface area (Å²) in [6.45, 7) is 7.39. The lowest BCUT2D eigenvalue weighted by Crippen LogP contribution is -2.45. The van der Waals surface area contributed by atoms with Crippen molar-refractivity contribution in [2.24, 2.45) is 10.9 Å². The van der Waals surface area contributed by atoms with Crippen molar-refractivity contribution >= 4 is 17.7 Å². The van der Waals surface area contributed by atoms with E-state index in [4.69, 9.17) is 15.7 Å². The minimum Gasteiger partial charge on any atom is -0.497 e. The summed E-state index contributed by atoms with van der Waals surface area (Å²) in [6, 6.07) is 7.86. The topological polar surface area (TPSA) is 104 Å². The largest absolute Gasteiger partial charge is 0.497 e. The lowest BCUT2D eigenvalue weighted by atomic mass is 9.94. The SMILES string of the molecule is C=C(N=Cc1cc(OC)ccc1N)N1CC(c2nccnc2N2CCC(C#N)CC2)C1. The van der Waals surface area contributed by atoms with Crippen molar-refractivity contribution in [3.63, 3.8) is 0 Å². The molecule has 0 amide bonds. The van der Waals surface area contributed by atoms with Gasteiger partial charge in [-0.05, 0) is 31.0 Å². The van der Waals surface area contributed by atoms with Crippen LogP contribution >= 0.6 is 0 Å². The van der Waals surface area contributed by atoms with Crippen molar-refractivity contribution in [3.8, 4) is 11.8 Å². The van der Waals surface area contributed by atoms with E-state index in [1.54, 1.807) is 31.8 Å². The molecule has 160 valence electrons. The van der Waals surface area contributed by atoms with Gasteiger partial charge in [0.05, 0.1) is 18.9 Å². The third kappa shape index (κ3) is 4.45. The van der Waals surface area contributed by atoms with Crippen LogP contribution in [0.5, 0.6) is 5.75 Å². The van der Waals surface area contributed by atoms with E-state index in [2.05, 4.69) is 37.4 Å². The molecule has 1 aromatic heterocycles. The van der Waals surface area contributed by atoms with Crippen molar-refractivity contribution in [1.29, 1.82) is 5.26 Å². The first-order valence-electron chi connectivity index (χ1n) is 10.5. The van der Waals surface area contributed by atoms with Crippen LogP contribution in [0, 0.1) is 17.2 Å². The maximum absolute atomic E-state index is 9.14. The summed E-state index contributed by atoms with van der Waals surface area (Å²) in [6.07, 6.45) is 6.97. The van der Waals surface area contributed by atoms with E-state index in [1.807, 2.05) is 12.1 Å². The number of benzene rings is 1. The molecular weight excluding hydrogens is 390 g/mol. The van der Waals surface area contributed by atoms with E-state index in [1.165, 1.54) is 0 Å². The molecule has 3 heterocycles. The Morgan fingerprint density at radius 2 is 2.03 bits per heavy atom. The molecule has 2 aliphatic rings. The zero-order chi connectivity index (χ0) is 21.8. The number of nitrogens with zero attached hydrogens (tertiary/aromatic N) is 6. The number of nitriles is 1. The standard InChI is InChI=1S/C23H27N7O/c1-16(28-13-18-11-20(31-2)3-4-21(18)25)30-14-19(15-30)22-23(27-8-7-26-22)29-9-5-17(12-24)6-10-29/h3-4,7-8,11,13,17,19H,1,5-6,9-10,14-15,25H2,2H3. The Morgan fingerprint density at radius 3 is 2.74 bits per heavy atom. The van der Waals surface area contributed by atoms with Gasteiger partial charge >= 0.3 is 0 Å². The minimum atomic E-state index is 0.148. The summed E-state index contributed by atoms with van der Waals surface area (Å²) >= 11 is 0. The number of methoxy groups -OCH3 is 1. The van der Waals surface area contributed by atoms with E-state index in [9.17, 15) is 0 Å². The van der Waals surface area contributed by atoms with Crippen molar-refractivity contribution in [2.45, 2.75) is 18.8 Å². The van der Waals surface area contributed by atoms with Gasteiger partial charge in [0, 0.05) is 67.9 Å². The summed E-state index contributed by atoms with van der Waals surface area (Å²) in [5, 5.41) is 9.14. The highest BCUT2D eigenvalue weighted by Gasteiger charge is 2.34. The number of nitrogens with two attached hydrogens (primary N) is 1. The number of aromatic nitrogens is 2.